The van der Waals surface area contributed by atoms with Crippen LogP contribution in [0.3, 0.4) is 0 Å². The zero-order valence-corrected chi connectivity index (χ0v) is 31.5. The number of hydrogen-bond acceptors (Lipinski definition) is 8. The molecule has 0 spiro atoms. The molecule has 2 atom stereocenters. The number of nitrogens with one attached hydrogen (secondary N) is 1. The maximum absolute atomic E-state index is 14.8. The molecule has 3 aliphatic heterocycles. The molecule has 4 aliphatic rings. The molecule has 3 fully saturated rings. The van der Waals surface area contributed by atoms with E-state index >= 15 is 0 Å². The maximum Gasteiger partial charge on any atom is 0.410 e. The minimum Gasteiger partial charge on any atom is -0.476 e. The van der Waals surface area contributed by atoms with E-state index in [9.17, 15) is 24.3 Å². The molecule has 6 rings (SSSR count). The van der Waals surface area contributed by atoms with Gasteiger partial charge < -0.3 is 39.5 Å². The molecule has 0 aromatic heterocycles. The van der Waals surface area contributed by atoms with E-state index in [1.54, 1.807) is 50.5 Å². The molecule has 52 heavy (non-hydrogen) atoms. The molecular formula is C40H55N5O7. The Kier molecular flexibility index (Phi) is 10.6. The first-order valence-corrected chi connectivity index (χ1v) is 18.7. The van der Waals surface area contributed by atoms with Crippen molar-refractivity contribution in [1.82, 2.24) is 15.1 Å². The van der Waals surface area contributed by atoms with Gasteiger partial charge in [-0.05, 0) is 104 Å². The lowest BCUT2D eigenvalue weighted by atomic mass is 9.79. The molecule has 1 saturated carbocycles. The zero-order valence-electron chi connectivity index (χ0n) is 31.5. The van der Waals surface area contributed by atoms with Crippen molar-refractivity contribution in [2.24, 2.45) is 11.8 Å². The SMILES string of the molecule is CN1CCC(NC(=O)C2CC(C(=O)N(c3ccc4c(c3)N(CCCO)C(=O)C(C)(C)O4)C3CC3)CN(C(=O)OC(C)(C)C)C2)(c2ccccc2)CC1. The summed E-state index contributed by atoms with van der Waals surface area (Å²) in [7, 11) is 2.08. The summed E-state index contributed by atoms with van der Waals surface area (Å²) in [5.74, 6) is -1.34. The summed E-state index contributed by atoms with van der Waals surface area (Å²) in [5, 5.41) is 13.0. The quantitative estimate of drug-likeness (QED) is 0.383. The predicted molar refractivity (Wildman–Crippen MR) is 198 cm³/mol. The number of aliphatic hydroxyl groups is 1. The molecule has 0 bridgehead atoms. The van der Waals surface area contributed by atoms with E-state index in [4.69, 9.17) is 9.47 Å². The molecule has 12 nitrogen and oxygen atoms in total. The van der Waals surface area contributed by atoms with E-state index in [1.807, 2.05) is 30.3 Å². The van der Waals surface area contributed by atoms with Crippen LogP contribution in [0.4, 0.5) is 16.2 Å². The van der Waals surface area contributed by atoms with Crippen molar-refractivity contribution in [3.8, 4) is 5.75 Å². The molecule has 12 heteroatoms. The van der Waals surface area contributed by atoms with E-state index in [0.29, 0.717) is 30.1 Å². The van der Waals surface area contributed by atoms with Gasteiger partial charge in [-0.15, -0.1) is 0 Å². The molecule has 0 radical (unpaired) electrons. The number of fused-ring (bicyclic) bond motifs is 1. The number of carbonyl (C=O) groups excluding carboxylic acids is 4. The summed E-state index contributed by atoms with van der Waals surface area (Å²) < 4.78 is 11.9. The highest BCUT2D eigenvalue weighted by atomic mass is 16.6. The van der Waals surface area contributed by atoms with Gasteiger partial charge in [0.25, 0.3) is 5.91 Å². The Morgan fingerprint density at radius 3 is 2.33 bits per heavy atom. The van der Waals surface area contributed by atoms with Crippen molar-refractivity contribution >= 4 is 35.2 Å². The minimum absolute atomic E-state index is 0.0437. The van der Waals surface area contributed by atoms with E-state index in [-0.39, 0.29) is 49.9 Å². The predicted octanol–water partition coefficient (Wildman–Crippen LogP) is 4.68. The van der Waals surface area contributed by atoms with Crippen LogP contribution >= 0.6 is 0 Å². The van der Waals surface area contributed by atoms with Gasteiger partial charge in [0.15, 0.2) is 5.60 Å². The lowest BCUT2D eigenvalue weighted by Gasteiger charge is -2.44. The van der Waals surface area contributed by atoms with Gasteiger partial charge in [-0.3, -0.25) is 14.4 Å². The van der Waals surface area contributed by atoms with Gasteiger partial charge in [-0.1, -0.05) is 30.3 Å². The van der Waals surface area contributed by atoms with Crippen molar-refractivity contribution in [3.63, 3.8) is 0 Å². The van der Waals surface area contributed by atoms with Gasteiger partial charge in [-0.25, -0.2) is 4.79 Å². The first-order chi connectivity index (χ1) is 24.6. The molecule has 3 heterocycles. The number of nitrogens with zero attached hydrogens (tertiary/aromatic N) is 4. The van der Waals surface area contributed by atoms with Crippen LogP contribution in [0.15, 0.2) is 48.5 Å². The van der Waals surface area contributed by atoms with Gasteiger partial charge >= 0.3 is 6.09 Å². The third-order valence-electron chi connectivity index (χ3n) is 10.7. The first-order valence-electron chi connectivity index (χ1n) is 18.7. The number of ether oxygens (including phenoxy) is 2. The first kappa shape index (κ1) is 37.6. The molecule has 1 aliphatic carbocycles. The van der Waals surface area contributed by atoms with Crippen LogP contribution in [0.25, 0.3) is 0 Å². The summed E-state index contributed by atoms with van der Waals surface area (Å²) in [6.07, 6.45) is 3.25. The Hall–Kier alpha value is -4.16. The van der Waals surface area contributed by atoms with E-state index in [0.717, 1.165) is 44.3 Å². The third kappa shape index (κ3) is 8.07. The fourth-order valence-corrected chi connectivity index (χ4v) is 7.73. The maximum atomic E-state index is 14.8. The number of carbonyl (C=O) groups is 4. The Labute approximate surface area is 307 Å². The summed E-state index contributed by atoms with van der Waals surface area (Å²) >= 11 is 0. The molecule has 2 aromatic carbocycles. The number of rotatable bonds is 9. The Morgan fingerprint density at radius 1 is 1.02 bits per heavy atom. The van der Waals surface area contributed by atoms with Crippen LogP contribution < -0.4 is 19.9 Å². The number of benzene rings is 2. The highest BCUT2D eigenvalue weighted by Gasteiger charge is 2.46. The third-order valence-corrected chi connectivity index (χ3v) is 10.7. The van der Waals surface area contributed by atoms with Crippen molar-refractivity contribution < 1.29 is 33.8 Å². The normalized spacial score (nSPS) is 22.9. The molecule has 2 saturated heterocycles. The summed E-state index contributed by atoms with van der Waals surface area (Å²) in [4.78, 5) is 63.4. The van der Waals surface area contributed by atoms with Gasteiger partial charge in [0.2, 0.25) is 11.8 Å². The highest BCUT2D eigenvalue weighted by Crippen LogP contribution is 2.43. The minimum atomic E-state index is -1.08. The van der Waals surface area contributed by atoms with Crippen molar-refractivity contribution in [1.29, 1.82) is 0 Å². The Morgan fingerprint density at radius 2 is 1.69 bits per heavy atom. The lowest BCUT2D eigenvalue weighted by Crippen LogP contribution is -2.58. The van der Waals surface area contributed by atoms with Crippen molar-refractivity contribution in [2.45, 2.75) is 95.9 Å². The summed E-state index contributed by atoms with van der Waals surface area (Å²) in [6, 6.07) is 15.5. The van der Waals surface area contributed by atoms with Crippen LogP contribution in [-0.2, 0) is 24.7 Å². The number of anilines is 2. The van der Waals surface area contributed by atoms with Crippen LogP contribution in [-0.4, -0.2) is 102 Å². The standard InChI is InChI=1S/C40H55N5O7/c1-38(2,3)52-37(50)43-25-27(34(47)41-40(17-20-42(6)21-18-40)29-11-8-7-9-12-29)23-28(26-43)35(48)45(30-13-14-30)31-15-16-33-32(24-31)44(19-10-22-46)36(49)39(4,5)51-33/h7-9,11-12,15-16,24,27-28,30,46H,10,13-14,17-23,25-26H2,1-6H3,(H,41,47). The number of hydrogen-bond donors (Lipinski definition) is 2. The summed E-state index contributed by atoms with van der Waals surface area (Å²) in [5.41, 5.74) is -0.162. The second-order valence-electron chi connectivity index (χ2n) is 16.5. The van der Waals surface area contributed by atoms with Gasteiger partial charge in [0.1, 0.15) is 11.4 Å². The second kappa shape index (κ2) is 14.7. The Balaban J connectivity index is 1.30. The van der Waals surface area contributed by atoms with E-state index in [1.165, 1.54) is 4.90 Å². The topological polar surface area (TPSA) is 132 Å². The zero-order chi connectivity index (χ0) is 37.4. The number of amides is 4. The van der Waals surface area contributed by atoms with E-state index < -0.39 is 34.7 Å². The lowest BCUT2D eigenvalue weighted by molar-refractivity contribution is -0.133. The molecule has 4 amide bonds. The monoisotopic (exact) mass is 717 g/mol. The van der Waals surface area contributed by atoms with Gasteiger partial charge in [-0.2, -0.15) is 0 Å². The smallest absolute Gasteiger partial charge is 0.410 e. The number of piperidine rings is 2. The number of likely N-dealkylation sites (tertiary alicyclic amines) is 2. The Bertz CT molecular complexity index is 1650. The average molecular weight is 718 g/mol. The molecule has 282 valence electrons. The van der Waals surface area contributed by atoms with Crippen LogP contribution in [0.5, 0.6) is 5.75 Å². The average Bonchev–Trinajstić information content (AvgIpc) is 3.94. The summed E-state index contributed by atoms with van der Waals surface area (Å²) in [6.45, 7) is 11.0. The van der Waals surface area contributed by atoms with Crippen LogP contribution in [0, 0.1) is 11.8 Å². The van der Waals surface area contributed by atoms with Crippen LogP contribution in [0.2, 0.25) is 0 Å². The van der Waals surface area contributed by atoms with Crippen LogP contribution in [0.1, 0.15) is 78.7 Å². The van der Waals surface area contributed by atoms with Gasteiger partial charge in [0, 0.05) is 51.1 Å². The molecule has 2 N–H and O–H groups in total. The fourth-order valence-electron chi connectivity index (χ4n) is 7.73. The second-order valence-corrected chi connectivity index (χ2v) is 16.5. The molecular weight excluding hydrogens is 662 g/mol. The van der Waals surface area contributed by atoms with Crippen molar-refractivity contribution in [3.05, 3.63) is 54.1 Å². The molecule has 2 aromatic rings. The highest BCUT2D eigenvalue weighted by molar-refractivity contribution is 6.04. The van der Waals surface area contributed by atoms with E-state index in [2.05, 4.69) is 29.4 Å². The largest absolute Gasteiger partial charge is 0.476 e. The fraction of sp³-hybridized carbons (Fsp3) is 0.600. The van der Waals surface area contributed by atoms with Crippen molar-refractivity contribution in [2.75, 3.05) is 56.2 Å². The number of aliphatic hydroxyl groups excluding tert-OH is 1. The molecule has 2 unspecified atom stereocenters. The van der Waals surface area contributed by atoms with Gasteiger partial charge in [0.05, 0.1) is 23.1 Å².